The van der Waals surface area contributed by atoms with Gasteiger partial charge in [-0.15, -0.1) is 0 Å². The summed E-state index contributed by atoms with van der Waals surface area (Å²) in [5.41, 5.74) is 2.32. The van der Waals surface area contributed by atoms with E-state index < -0.39 is 27.7 Å². The Morgan fingerprint density at radius 3 is 2.38 bits per heavy atom. The number of nitrogens with one attached hydrogen (secondary N) is 4. The monoisotopic (exact) mass is 549 g/mol. The van der Waals surface area contributed by atoms with Crippen molar-refractivity contribution in [2.24, 2.45) is 0 Å². The lowest BCUT2D eigenvalue weighted by Gasteiger charge is -2.25. The zero-order chi connectivity index (χ0) is 28.2. The maximum Gasteiger partial charge on any atom is 0.324 e. The molecule has 11 nitrogen and oxygen atoms in total. The molecule has 0 radical (unpaired) electrons. The third kappa shape index (κ3) is 5.12. The summed E-state index contributed by atoms with van der Waals surface area (Å²) in [6, 6.07) is 16.1. The van der Waals surface area contributed by atoms with Gasteiger partial charge in [-0.2, -0.15) is 17.8 Å². The Kier molecular flexibility index (Phi) is 6.27. The van der Waals surface area contributed by atoms with Crippen LogP contribution in [0.1, 0.15) is 45.9 Å². The zero-order valence-corrected chi connectivity index (χ0v) is 23.2. The molecule has 39 heavy (non-hydrogen) atoms. The van der Waals surface area contributed by atoms with Crippen molar-refractivity contribution in [1.29, 1.82) is 0 Å². The molecule has 0 saturated carbocycles. The number of amides is 3. The molecule has 0 bridgehead atoms. The maximum atomic E-state index is 12.9. The van der Waals surface area contributed by atoms with E-state index in [2.05, 4.69) is 20.3 Å². The normalized spacial score (nSPS) is 16.8. The summed E-state index contributed by atoms with van der Waals surface area (Å²) in [6.45, 7) is 9.27. The summed E-state index contributed by atoms with van der Waals surface area (Å²) in [5, 5.41) is 11.5. The molecule has 1 fully saturated rings. The molecule has 0 atom stereocenters. The highest BCUT2D eigenvalue weighted by Gasteiger charge is 2.50. The molecule has 5 rings (SSSR count). The summed E-state index contributed by atoms with van der Waals surface area (Å²) >= 11 is 0. The van der Waals surface area contributed by atoms with Crippen molar-refractivity contribution < 1.29 is 18.0 Å². The molecular weight excluding hydrogens is 518 g/mol. The van der Waals surface area contributed by atoms with Gasteiger partial charge in [0.1, 0.15) is 11.4 Å². The van der Waals surface area contributed by atoms with Crippen LogP contribution in [0.25, 0.3) is 16.6 Å². The van der Waals surface area contributed by atoms with Gasteiger partial charge in [0.15, 0.2) is 0 Å². The number of carbonyl (C=O) groups excluding carboxylic acids is 2. The number of anilines is 2. The molecule has 0 spiro atoms. The Balaban J connectivity index is 1.39. The minimum atomic E-state index is -3.91. The average Bonchev–Trinajstić information content (AvgIpc) is 3.52. The summed E-state index contributed by atoms with van der Waals surface area (Å²) in [4.78, 5) is 28.2. The van der Waals surface area contributed by atoms with Crippen molar-refractivity contribution in [3.05, 3.63) is 72.1 Å². The number of aromatic amines is 1. The molecule has 1 aliphatic heterocycles. The first-order chi connectivity index (χ1) is 18.2. The first-order valence-corrected chi connectivity index (χ1v) is 13.9. The van der Waals surface area contributed by atoms with Crippen LogP contribution in [0.15, 0.2) is 60.8 Å². The van der Waals surface area contributed by atoms with Crippen LogP contribution >= 0.6 is 0 Å². The van der Waals surface area contributed by atoms with E-state index in [0.29, 0.717) is 22.8 Å². The van der Waals surface area contributed by atoms with Crippen LogP contribution in [-0.4, -0.2) is 45.0 Å². The van der Waals surface area contributed by atoms with Crippen molar-refractivity contribution in [2.45, 2.75) is 52.1 Å². The number of carbonyl (C=O) groups is 2. The van der Waals surface area contributed by atoms with Gasteiger partial charge in [0.05, 0.1) is 11.4 Å². The highest BCUT2D eigenvalue weighted by Crippen LogP contribution is 2.29. The van der Waals surface area contributed by atoms with Crippen LogP contribution in [0.2, 0.25) is 0 Å². The summed E-state index contributed by atoms with van der Waals surface area (Å²) in [7, 11) is -3.91. The molecule has 0 unspecified atom stereocenters. The molecule has 1 aliphatic rings. The quantitative estimate of drug-likeness (QED) is 0.295. The second kappa shape index (κ2) is 9.24. The lowest BCUT2D eigenvalue weighted by molar-refractivity contribution is -0.125. The van der Waals surface area contributed by atoms with Crippen LogP contribution in [0.4, 0.5) is 16.3 Å². The van der Waals surface area contributed by atoms with E-state index in [-0.39, 0.29) is 12.0 Å². The Bertz CT molecular complexity index is 1680. The fraction of sp³-hybridized carbons (Fsp3) is 0.296. The Morgan fingerprint density at radius 2 is 1.74 bits per heavy atom. The van der Waals surface area contributed by atoms with Crippen LogP contribution in [0.3, 0.4) is 0 Å². The molecule has 4 N–H and O–H groups in total. The average molecular weight is 550 g/mol. The van der Waals surface area contributed by atoms with Gasteiger partial charge in [-0.05, 0) is 55.8 Å². The fourth-order valence-electron chi connectivity index (χ4n) is 4.35. The number of urea groups is 1. The van der Waals surface area contributed by atoms with Crippen molar-refractivity contribution >= 4 is 44.6 Å². The highest BCUT2D eigenvalue weighted by atomic mass is 32.2. The zero-order valence-electron chi connectivity index (χ0n) is 22.4. The highest BCUT2D eigenvalue weighted by molar-refractivity contribution is 7.88. The first-order valence-electron chi connectivity index (χ1n) is 12.4. The number of nitrogens with zero attached hydrogens (tertiary/aromatic N) is 3. The predicted molar refractivity (Wildman–Crippen MR) is 150 cm³/mol. The van der Waals surface area contributed by atoms with Gasteiger partial charge in [0.2, 0.25) is 0 Å². The number of hydrogen-bond acceptors (Lipinski definition) is 5. The number of benzene rings is 2. The maximum absolute atomic E-state index is 12.9. The molecule has 0 aliphatic carbocycles. The molecule has 1 saturated heterocycles. The Labute approximate surface area is 226 Å². The minimum Gasteiger partial charge on any atom is -0.361 e. The van der Waals surface area contributed by atoms with Crippen molar-refractivity contribution in [1.82, 2.24) is 23.8 Å². The van der Waals surface area contributed by atoms with Gasteiger partial charge >= 0.3 is 16.2 Å². The third-order valence-electron chi connectivity index (χ3n) is 6.73. The SMILES string of the molecule is CC(C)(C)c1cc(NC(=O)Nc2ccc3[nH]ccc3c2)n(-c2ccc(CN3C(C)(C)C(=O)NS3(=O)=O)cc2)n1. The van der Waals surface area contributed by atoms with Crippen molar-refractivity contribution in [3.8, 4) is 5.69 Å². The number of hydrogen-bond donors (Lipinski definition) is 4. The molecule has 2 aromatic heterocycles. The Morgan fingerprint density at radius 1 is 1.03 bits per heavy atom. The molecule has 3 heterocycles. The van der Waals surface area contributed by atoms with Crippen LogP contribution in [-0.2, 0) is 27.0 Å². The summed E-state index contributed by atoms with van der Waals surface area (Å²) < 4.78 is 29.7. The van der Waals surface area contributed by atoms with E-state index in [1.54, 1.807) is 42.8 Å². The van der Waals surface area contributed by atoms with E-state index in [1.165, 1.54) is 0 Å². The number of fused-ring (bicyclic) bond motifs is 1. The van der Waals surface area contributed by atoms with Gasteiger partial charge in [0, 0.05) is 40.8 Å². The molecule has 4 aromatic rings. The number of aromatic nitrogens is 3. The lowest BCUT2D eigenvalue weighted by atomic mass is 9.92. The predicted octanol–water partition coefficient (Wildman–Crippen LogP) is 4.25. The van der Waals surface area contributed by atoms with E-state index >= 15 is 0 Å². The summed E-state index contributed by atoms with van der Waals surface area (Å²) in [6.07, 6.45) is 1.84. The number of H-pyrrole nitrogens is 1. The third-order valence-corrected chi connectivity index (χ3v) is 8.34. The van der Waals surface area contributed by atoms with E-state index in [0.717, 1.165) is 20.9 Å². The second-order valence-electron chi connectivity index (χ2n) is 11.1. The van der Waals surface area contributed by atoms with Crippen LogP contribution in [0.5, 0.6) is 0 Å². The lowest BCUT2D eigenvalue weighted by Crippen LogP contribution is -2.43. The second-order valence-corrected chi connectivity index (χ2v) is 12.7. The van der Waals surface area contributed by atoms with E-state index in [9.17, 15) is 18.0 Å². The van der Waals surface area contributed by atoms with Crippen molar-refractivity contribution in [3.63, 3.8) is 0 Å². The van der Waals surface area contributed by atoms with Crippen LogP contribution in [0, 0.1) is 0 Å². The molecular formula is C27H31N7O4S. The van der Waals surface area contributed by atoms with E-state index in [1.807, 2.05) is 57.3 Å². The number of rotatable bonds is 5. The topological polar surface area (TPSA) is 141 Å². The Hall–Kier alpha value is -4.16. The minimum absolute atomic E-state index is 0.0275. The molecule has 2 aromatic carbocycles. The van der Waals surface area contributed by atoms with Gasteiger partial charge < -0.3 is 10.3 Å². The van der Waals surface area contributed by atoms with Crippen molar-refractivity contribution in [2.75, 3.05) is 10.6 Å². The molecule has 3 amide bonds. The smallest absolute Gasteiger partial charge is 0.324 e. The molecule has 204 valence electrons. The molecule has 12 heteroatoms. The van der Waals surface area contributed by atoms with Gasteiger partial charge in [0.25, 0.3) is 5.91 Å². The van der Waals surface area contributed by atoms with Gasteiger partial charge in [-0.25, -0.2) is 14.2 Å². The van der Waals surface area contributed by atoms with Crippen LogP contribution < -0.4 is 15.4 Å². The standard InChI is InChI=1S/C27H31N7O4S/c1-26(2,3)22-15-23(30-25(36)29-19-8-11-21-18(14-19)12-13-28-21)34(31-22)20-9-6-17(7-10-20)16-33-27(4,5)24(35)32-39(33,37)38/h6-15,28H,16H2,1-5H3,(H,32,35)(H2,29,30,36). The fourth-order valence-corrected chi connectivity index (χ4v) is 5.94. The van der Waals surface area contributed by atoms with E-state index in [4.69, 9.17) is 5.10 Å². The first kappa shape index (κ1) is 26.4. The summed E-state index contributed by atoms with van der Waals surface area (Å²) in [5.74, 6) is -0.0849. The van der Waals surface area contributed by atoms with Gasteiger partial charge in [-0.3, -0.25) is 10.1 Å². The largest absolute Gasteiger partial charge is 0.361 e. The van der Waals surface area contributed by atoms with Gasteiger partial charge in [-0.1, -0.05) is 32.9 Å².